The van der Waals surface area contributed by atoms with Crippen molar-refractivity contribution in [1.82, 2.24) is 39.6 Å². The Balaban J connectivity index is 2.02. The van der Waals surface area contributed by atoms with Crippen LogP contribution in [-0.2, 0) is 0 Å². The highest BCUT2D eigenvalue weighted by Crippen LogP contribution is 2.07. The van der Waals surface area contributed by atoms with Crippen LogP contribution in [0.15, 0.2) is 31.0 Å². The Morgan fingerprint density at radius 2 is 2.05 bits per heavy atom. The summed E-state index contributed by atoms with van der Waals surface area (Å²) in [6.45, 7) is 0. The standard InChI is InChI=1S/C11H11N9O/c1-13-8(21)7-2-4-20(18-7)11-16-9(12)15-10(17-11)19-5-3-14-6-19/h2-6H,1H3,(H,13,21)(H2,12,15,16,17). The van der Waals surface area contributed by atoms with Gasteiger partial charge in [0.15, 0.2) is 5.69 Å². The summed E-state index contributed by atoms with van der Waals surface area (Å²) in [5.74, 6) is 0.264. The molecule has 0 spiro atoms. The molecule has 0 atom stereocenters. The lowest BCUT2D eigenvalue weighted by Gasteiger charge is -2.04. The average Bonchev–Trinajstić information content (AvgIpc) is 3.17. The van der Waals surface area contributed by atoms with Crippen molar-refractivity contribution in [2.45, 2.75) is 0 Å². The average molecular weight is 285 g/mol. The van der Waals surface area contributed by atoms with Crippen LogP contribution in [0.2, 0.25) is 0 Å². The summed E-state index contributed by atoms with van der Waals surface area (Å²) in [6, 6.07) is 1.55. The first-order valence-corrected chi connectivity index (χ1v) is 5.95. The summed E-state index contributed by atoms with van der Waals surface area (Å²) in [6.07, 6.45) is 6.38. The number of nitrogen functional groups attached to an aromatic ring is 1. The van der Waals surface area contributed by atoms with Gasteiger partial charge in [-0.1, -0.05) is 0 Å². The number of rotatable bonds is 3. The molecule has 0 aliphatic carbocycles. The van der Waals surface area contributed by atoms with Crippen molar-refractivity contribution in [2.24, 2.45) is 0 Å². The number of anilines is 1. The molecule has 0 aliphatic heterocycles. The maximum absolute atomic E-state index is 11.5. The minimum Gasteiger partial charge on any atom is -0.368 e. The smallest absolute Gasteiger partial charge is 0.271 e. The van der Waals surface area contributed by atoms with Gasteiger partial charge in [-0.25, -0.2) is 9.67 Å². The number of nitrogens with two attached hydrogens (primary N) is 1. The van der Waals surface area contributed by atoms with Crippen LogP contribution in [0.5, 0.6) is 0 Å². The van der Waals surface area contributed by atoms with Gasteiger partial charge in [0.05, 0.1) is 0 Å². The Morgan fingerprint density at radius 1 is 1.24 bits per heavy atom. The third-order valence-corrected chi connectivity index (χ3v) is 2.62. The van der Waals surface area contributed by atoms with Crippen LogP contribution in [0.3, 0.4) is 0 Å². The van der Waals surface area contributed by atoms with Gasteiger partial charge in [0.2, 0.25) is 11.9 Å². The zero-order valence-electron chi connectivity index (χ0n) is 11.0. The molecule has 10 nitrogen and oxygen atoms in total. The Morgan fingerprint density at radius 3 is 2.76 bits per heavy atom. The lowest BCUT2D eigenvalue weighted by molar-refractivity contribution is 0.0957. The number of nitrogens with zero attached hydrogens (tertiary/aromatic N) is 7. The number of hydrogen-bond acceptors (Lipinski definition) is 7. The Hall–Kier alpha value is -3.30. The molecule has 0 radical (unpaired) electrons. The van der Waals surface area contributed by atoms with E-state index in [0.29, 0.717) is 5.95 Å². The zero-order chi connectivity index (χ0) is 14.8. The maximum Gasteiger partial charge on any atom is 0.271 e. The summed E-state index contributed by atoms with van der Waals surface area (Å²) >= 11 is 0. The summed E-state index contributed by atoms with van der Waals surface area (Å²) in [4.78, 5) is 27.7. The summed E-state index contributed by atoms with van der Waals surface area (Å²) in [5, 5.41) is 6.57. The van der Waals surface area contributed by atoms with Gasteiger partial charge >= 0.3 is 0 Å². The third-order valence-electron chi connectivity index (χ3n) is 2.62. The number of carbonyl (C=O) groups is 1. The molecule has 3 aromatic rings. The van der Waals surface area contributed by atoms with Crippen molar-refractivity contribution in [2.75, 3.05) is 12.8 Å². The molecular formula is C11H11N9O. The van der Waals surface area contributed by atoms with Crippen molar-refractivity contribution in [3.8, 4) is 11.9 Å². The van der Waals surface area contributed by atoms with E-state index in [2.05, 4.69) is 30.4 Å². The van der Waals surface area contributed by atoms with Gasteiger partial charge in [0.25, 0.3) is 11.9 Å². The molecule has 10 heteroatoms. The van der Waals surface area contributed by atoms with E-state index in [1.54, 1.807) is 29.2 Å². The third kappa shape index (κ3) is 2.41. The van der Waals surface area contributed by atoms with Gasteiger partial charge in [-0.3, -0.25) is 9.36 Å². The second-order valence-corrected chi connectivity index (χ2v) is 3.99. The molecule has 3 heterocycles. The fourth-order valence-electron chi connectivity index (χ4n) is 1.65. The van der Waals surface area contributed by atoms with Crippen LogP contribution in [0.4, 0.5) is 5.95 Å². The second kappa shape index (κ2) is 5.00. The molecule has 3 aromatic heterocycles. The quantitative estimate of drug-likeness (QED) is 0.643. The van der Waals surface area contributed by atoms with E-state index in [9.17, 15) is 4.79 Å². The number of nitrogens with one attached hydrogen (secondary N) is 1. The van der Waals surface area contributed by atoms with Crippen molar-refractivity contribution >= 4 is 11.9 Å². The molecule has 0 saturated carbocycles. The number of imidazole rings is 1. The molecule has 0 aliphatic rings. The van der Waals surface area contributed by atoms with Crippen LogP contribution in [0.25, 0.3) is 11.9 Å². The van der Waals surface area contributed by atoms with Gasteiger partial charge in [-0.2, -0.15) is 20.1 Å². The molecular weight excluding hydrogens is 274 g/mol. The molecule has 21 heavy (non-hydrogen) atoms. The van der Waals surface area contributed by atoms with Crippen molar-refractivity contribution in [3.63, 3.8) is 0 Å². The second-order valence-electron chi connectivity index (χ2n) is 3.99. The highest BCUT2D eigenvalue weighted by Gasteiger charge is 2.12. The van der Waals surface area contributed by atoms with E-state index in [1.807, 2.05) is 0 Å². The fourth-order valence-corrected chi connectivity index (χ4v) is 1.65. The highest BCUT2D eigenvalue weighted by molar-refractivity contribution is 5.91. The van der Waals surface area contributed by atoms with Gasteiger partial charge in [-0.05, 0) is 6.07 Å². The Bertz CT molecular complexity index is 777. The molecule has 0 fully saturated rings. The fraction of sp³-hybridized carbons (Fsp3) is 0.0909. The summed E-state index contributed by atoms with van der Waals surface area (Å²) < 4.78 is 2.94. The van der Waals surface area contributed by atoms with Gasteiger partial charge < -0.3 is 11.1 Å². The molecule has 0 aromatic carbocycles. The SMILES string of the molecule is CNC(=O)c1ccn(-c2nc(N)nc(-n3ccnc3)n2)n1. The molecule has 1 amide bonds. The minimum atomic E-state index is -0.300. The lowest BCUT2D eigenvalue weighted by Crippen LogP contribution is -2.19. The number of aromatic nitrogens is 7. The molecule has 106 valence electrons. The molecule has 3 N–H and O–H groups in total. The van der Waals surface area contributed by atoms with Crippen molar-refractivity contribution in [1.29, 1.82) is 0 Å². The number of carbonyl (C=O) groups excluding carboxylic acids is 1. The summed E-state index contributed by atoms with van der Waals surface area (Å²) in [5.41, 5.74) is 5.93. The highest BCUT2D eigenvalue weighted by atomic mass is 16.1. The Labute approximate surface area is 118 Å². The van der Waals surface area contributed by atoms with Crippen LogP contribution >= 0.6 is 0 Å². The van der Waals surface area contributed by atoms with E-state index < -0.39 is 0 Å². The maximum atomic E-state index is 11.5. The van der Waals surface area contributed by atoms with Gasteiger partial charge in [0, 0.05) is 25.6 Å². The van der Waals surface area contributed by atoms with E-state index in [4.69, 9.17) is 5.73 Å². The predicted molar refractivity (Wildman–Crippen MR) is 71.9 cm³/mol. The normalized spacial score (nSPS) is 10.5. The largest absolute Gasteiger partial charge is 0.368 e. The predicted octanol–water partition coefficient (Wildman–Crippen LogP) is -0.815. The van der Waals surface area contributed by atoms with Crippen molar-refractivity contribution in [3.05, 3.63) is 36.7 Å². The number of hydrogen-bond donors (Lipinski definition) is 2. The first kappa shape index (κ1) is 12.7. The lowest BCUT2D eigenvalue weighted by atomic mass is 10.4. The van der Waals surface area contributed by atoms with E-state index in [1.165, 1.54) is 18.1 Å². The van der Waals surface area contributed by atoms with Gasteiger partial charge in [0.1, 0.15) is 6.33 Å². The number of amides is 1. The Kier molecular flexibility index (Phi) is 3.03. The van der Waals surface area contributed by atoms with Gasteiger partial charge in [-0.15, -0.1) is 0 Å². The minimum absolute atomic E-state index is 0.0423. The van der Waals surface area contributed by atoms with Crippen LogP contribution in [0.1, 0.15) is 10.5 Å². The summed E-state index contributed by atoms with van der Waals surface area (Å²) in [7, 11) is 1.53. The topological polar surface area (TPSA) is 129 Å². The van der Waals surface area contributed by atoms with Crippen LogP contribution in [0, 0.1) is 0 Å². The molecule has 3 rings (SSSR count). The molecule has 0 bridgehead atoms. The van der Waals surface area contributed by atoms with E-state index in [0.717, 1.165) is 0 Å². The van der Waals surface area contributed by atoms with Crippen molar-refractivity contribution < 1.29 is 4.79 Å². The first-order chi connectivity index (χ1) is 10.2. The zero-order valence-corrected chi connectivity index (χ0v) is 11.0. The van der Waals surface area contributed by atoms with Crippen LogP contribution < -0.4 is 11.1 Å². The molecule has 0 saturated heterocycles. The van der Waals surface area contributed by atoms with E-state index >= 15 is 0 Å². The van der Waals surface area contributed by atoms with Crippen LogP contribution in [-0.4, -0.2) is 47.2 Å². The van der Waals surface area contributed by atoms with E-state index in [-0.39, 0.29) is 23.5 Å². The molecule has 0 unspecified atom stereocenters. The monoisotopic (exact) mass is 285 g/mol. The first-order valence-electron chi connectivity index (χ1n) is 5.95.